The van der Waals surface area contributed by atoms with Gasteiger partial charge in [-0.3, -0.25) is 9.89 Å². The summed E-state index contributed by atoms with van der Waals surface area (Å²) in [5, 5.41) is 10.5. The molecule has 0 bridgehead atoms. The van der Waals surface area contributed by atoms with Gasteiger partial charge < -0.3 is 10.2 Å². The molecule has 1 unspecified atom stereocenters. The van der Waals surface area contributed by atoms with Crippen LogP contribution in [0.15, 0.2) is 11.6 Å². The average molecular weight is 333 g/mol. The van der Waals surface area contributed by atoms with E-state index in [1.165, 1.54) is 4.88 Å². The van der Waals surface area contributed by atoms with Crippen molar-refractivity contribution < 1.29 is 4.79 Å². The molecule has 0 saturated carbocycles. The van der Waals surface area contributed by atoms with Crippen molar-refractivity contribution in [1.29, 1.82) is 0 Å². The van der Waals surface area contributed by atoms with Gasteiger partial charge in [-0.1, -0.05) is 0 Å². The van der Waals surface area contributed by atoms with Gasteiger partial charge in [-0.2, -0.15) is 5.10 Å². The fraction of sp³-hybridized carbons (Fsp3) is 0.562. The minimum absolute atomic E-state index is 0.135. The number of aromatic amines is 1. The topological polar surface area (TPSA) is 73.9 Å². The molecule has 1 aliphatic heterocycles. The lowest BCUT2D eigenvalue weighted by Gasteiger charge is -2.25. The molecule has 1 fully saturated rings. The molecule has 3 rings (SSSR count). The second-order valence-electron chi connectivity index (χ2n) is 6.21. The lowest BCUT2D eigenvalue weighted by Crippen LogP contribution is -2.36. The Balaban J connectivity index is 1.70. The maximum atomic E-state index is 12.8. The number of hydrogen-bond acceptors (Lipinski definition) is 5. The van der Waals surface area contributed by atoms with Crippen molar-refractivity contribution in [2.75, 3.05) is 19.6 Å². The van der Waals surface area contributed by atoms with Crippen molar-refractivity contribution in [3.05, 3.63) is 33.5 Å². The van der Waals surface area contributed by atoms with E-state index in [0.29, 0.717) is 18.9 Å². The standard InChI is InChI=1S/C16H23N5OS/c1-11-5-14(20-19-11)6-16(22)21(8-13-3-4-17-7-13)9-15-12(2)18-10-23-15/h5,10,13,17H,3-4,6-9H2,1-2H3,(H,19,20). The van der Waals surface area contributed by atoms with E-state index in [9.17, 15) is 4.79 Å². The lowest BCUT2D eigenvalue weighted by molar-refractivity contribution is -0.131. The van der Waals surface area contributed by atoms with Gasteiger partial charge in [0.2, 0.25) is 5.91 Å². The Kier molecular flexibility index (Phi) is 5.07. The summed E-state index contributed by atoms with van der Waals surface area (Å²) < 4.78 is 0. The van der Waals surface area contributed by atoms with Gasteiger partial charge >= 0.3 is 0 Å². The maximum Gasteiger partial charge on any atom is 0.228 e. The second kappa shape index (κ2) is 7.23. The van der Waals surface area contributed by atoms with Gasteiger partial charge in [0, 0.05) is 17.1 Å². The molecule has 3 heterocycles. The first-order valence-corrected chi connectivity index (χ1v) is 8.88. The van der Waals surface area contributed by atoms with E-state index in [-0.39, 0.29) is 5.91 Å². The van der Waals surface area contributed by atoms with E-state index in [1.54, 1.807) is 11.3 Å². The SMILES string of the molecule is Cc1cc(CC(=O)N(Cc2scnc2C)CC2CCNC2)n[nH]1. The van der Waals surface area contributed by atoms with Crippen LogP contribution < -0.4 is 5.32 Å². The fourth-order valence-electron chi connectivity index (χ4n) is 2.92. The molecule has 0 aromatic carbocycles. The van der Waals surface area contributed by atoms with Gasteiger partial charge in [-0.05, 0) is 45.3 Å². The molecule has 2 N–H and O–H groups in total. The first kappa shape index (κ1) is 16.1. The number of hydrogen-bond donors (Lipinski definition) is 2. The zero-order valence-electron chi connectivity index (χ0n) is 13.6. The molecular weight excluding hydrogens is 310 g/mol. The van der Waals surface area contributed by atoms with E-state index < -0.39 is 0 Å². The van der Waals surface area contributed by atoms with Crippen molar-refractivity contribution in [3.63, 3.8) is 0 Å². The second-order valence-corrected chi connectivity index (χ2v) is 7.15. The van der Waals surface area contributed by atoms with Crippen LogP contribution in [-0.4, -0.2) is 45.6 Å². The summed E-state index contributed by atoms with van der Waals surface area (Å²) >= 11 is 1.62. The van der Waals surface area contributed by atoms with E-state index in [0.717, 1.165) is 43.1 Å². The molecule has 1 amide bonds. The summed E-state index contributed by atoms with van der Waals surface area (Å²) in [6.45, 7) is 7.44. The molecule has 0 radical (unpaired) electrons. The number of aryl methyl sites for hydroxylation is 2. The van der Waals surface area contributed by atoms with Crippen LogP contribution in [0, 0.1) is 19.8 Å². The summed E-state index contributed by atoms with van der Waals surface area (Å²) in [5.74, 6) is 0.671. The number of amides is 1. The molecule has 1 saturated heterocycles. The first-order valence-electron chi connectivity index (χ1n) is 8.00. The number of aromatic nitrogens is 3. The summed E-state index contributed by atoms with van der Waals surface area (Å²) in [4.78, 5) is 20.2. The molecule has 0 spiro atoms. The highest BCUT2D eigenvalue weighted by molar-refractivity contribution is 7.09. The number of nitrogens with one attached hydrogen (secondary N) is 2. The maximum absolute atomic E-state index is 12.8. The number of rotatable bonds is 6. The van der Waals surface area contributed by atoms with Gasteiger partial charge in [0.05, 0.1) is 29.9 Å². The van der Waals surface area contributed by atoms with Crippen LogP contribution in [0.3, 0.4) is 0 Å². The van der Waals surface area contributed by atoms with Gasteiger partial charge in [-0.25, -0.2) is 4.98 Å². The minimum Gasteiger partial charge on any atom is -0.337 e. The van der Waals surface area contributed by atoms with Crippen LogP contribution in [0.1, 0.15) is 28.4 Å². The summed E-state index contributed by atoms with van der Waals surface area (Å²) in [6, 6.07) is 1.94. The first-order chi connectivity index (χ1) is 11.1. The van der Waals surface area contributed by atoms with E-state index in [2.05, 4.69) is 20.5 Å². The smallest absolute Gasteiger partial charge is 0.228 e. The van der Waals surface area contributed by atoms with E-state index in [1.807, 2.05) is 30.3 Å². The summed E-state index contributed by atoms with van der Waals surface area (Å²) in [6.07, 6.45) is 1.48. The zero-order chi connectivity index (χ0) is 16.2. The Labute approximate surface area is 140 Å². The number of thiazole rings is 1. The number of carbonyl (C=O) groups is 1. The van der Waals surface area contributed by atoms with Crippen LogP contribution in [0.4, 0.5) is 0 Å². The van der Waals surface area contributed by atoms with Crippen LogP contribution in [0.25, 0.3) is 0 Å². The summed E-state index contributed by atoms with van der Waals surface area (Å²) in [7, 11) is 0. The molecular formula is C16H23N5OS. The van der Waals surface area contributed by atoms with Gasteiger partial charge in [-0.15, -0.1) is 11.3 Å². The van der Waals surface area contributed by atoms with Gasteiger partial charge in [0.15, 0.2) is 0 Å². The number of carbonyl (C=O) groups excluding carboxylic acids is 1. The third-order valence-corrected chi connectivity index (χ3v) is 5.18. The van der Waals surface area contributed by atoms with Crippen molar-refractivity contribution in [2.24, 2.45) is 5.92 Å². The quantitative estimate of drug-likeness (QED) is 0.843. The molecule has 2 aromatic heterocycles. The average Bonchev–Trinajstić information content (AvgIpc) is 3.23. The highest BCUT2D eigenvalue weighted by Crippen LogP contribution is 2.19. The molecule has 6 nitrogen and oxygen atoms in total. The van der Waals surface area contributed by atoms with E-state index in [4.69, 9.17) is 0 Å². The number of nitrogens with zero attached hydrogens (tertiary/aromatic N) is 3. The molecule has 124 valence electrons. The predicted octanol–water partition coefficient (Wildman–Crippen LogP) is 1.66. The Hall–Kier alpha value is -1.73. The van der Waals surface area contributed by atoms with Crippen molar-refractivity contribution in [1.82, 2.24) is 25.4 Å². The monoisotopic (exact) mass is 333 g/mol. The fourth-order valence-corrected chi connectivity index (χ4v) is 3.71. The Morgan fingerprint density at radius 2 is 2.35 bits per heavy atom. The number of H-pyrrole nitrogens is 1. The van der Waals surface area contributed by atoms with Crippen molar-refractivity contribution >= 4 is 17.2 Å². The molecule has 2 aromatic rings. The van der Waals surface area contributed by atoms with Crippen LogP contribution in [0.2, 0.25) is 0 Å². The molecule has 1 aliphatic rings. The molecule has 0 aliphatic carbocycles. The Morgan fingerprint density at radius 1 is 1.48 bits per heavy atom. The largest absolute Gasteiger partial charge is 0.337 e. The van der Waals surface area contributed by atoms with Gasteiger partial charge in [0.1, 0.15) is 0 Å². The van der Waals surface area contributed by atoms with Crippen LogP contribution >= 0.6 is 11.3 Å². The predicted molar refractivity (Wildman–Crippen MR) is 90.3 cm³/mol. The summed E-state index contributed by atoms with van der Waals surface area (Å²) in [5.41, 5.74) is 4.66. The van der Waals surface area contributed by atoms with Crippen molar-refractivity contribution in [2.45, 2.75) is 33.2 Å². The molecule has 1 atom stereocenters. The molecule has 7 heteroatoms. The van der Waals surface area contributed by atoms with Gasteiger partial charge in [0.25, 0.3) is 0 Å². The third kappa shape index (κ3) is 4.17. The van der Waals surface area contributed by atoms with Crippen LogP contribution in [0.5, 0.6) is 0 Å². The normalized spacial score (nSPS) is 17.6. The highest BCUT2D eigenvalue weighted by atomic mass is 32.1. The van der Waals surface area contributed by atoms with Crippen molar-refractivity contribution in [3.8, 4) is 0 Å². The molecule has 23 heavy (non-hydrogen) atoms. The van der Waals surface area contributed by atoms with Crippen LogP contribution in [-0.2, 0) is 17.8 Å². The lowest BCUT2D eigenvalue weighted by atomic mass is 10.1. The van der Waals surface area contributed by atoms with E-state index >= 15 is 0 Å². The highest BCUT2D eigenvalue weighted by Gasteiger charge is 2.23. The third-order valence-electron chi connectivity index (χ3n) is 4.26. The minimum atomic E-state index is 0.135. The zero-order valence-corrected chi connectivity index (χ0v) is 14.4. The Morgan fingerprint density at radius 3 is 2.96 bits per heavy atom. The Bertz CT molecular complexity index is 659.